The monoisotopic (exact) mass is 949 g/mol. The third kappa shape index (κ3) is 8.97. The highest BCUT2D eigenvalue weighted by atomic mass is 16.8. The van der Waals surface area contributed by atoms with Crippen LogP contribution in [0.25, 0.3) is 0 Å². The largest absolute Gasteiger partial charge is 0.394 e. The van der Waals surface area contributed by atoms with Crippen molar-refractivity contribution in [3.8, 4) is 0 Å². The van der Waals surface area contributed by atoms with Crippen LogP contribution in [-0.2, 0) is 44.4 Å². The van der Waals surface area contributed by atoms with Crippen molar-refractivity contribution in [2.24, 2.45) is 28.1 Å². The number of hydrogen-bond donors (Lipinski definition) is 11. The second-order valence-electron chi connectivity index (χ2n) is 21.0. The minimum atomic E-state index is -1.93. The van der Waals surface area contributed by atoms with Crippen molar-refractivity contribution in [2.75, 3.05) is 19.8 Å². The van der Waals surface area contributed by atoms with E-state index in [0.717, 1.165) is 36.8 Å². The summed E-state index contributed by atoms with van der Waals surface area (Å²) in [7, 11) is 0. The van der Waals surface area contributed by atoms with Crippen LogP contribution in [0, 0.1) is 28.1 Å². The van der Waals surface area contributed by atoms with E-state index in [4.69, 9.17) is 28.4 Å². The maximum atomic E-state index is 14.5. The van der Waals surface area contributed by atoms with Crippen LogP contribution in [0.4, 0.5) is 0 Å². The van der Waals surface area contributed by atoms with Crippen molar-refractivity contribution in [3.05, 3.63) is 48.0 Å². The van der Waals surface area contributed by atoms with Crippen LogP contribution in [0.5, 0.6) is 0 Å². The number of ketones is 1. The lowest BCUT2D eigenvalue weighted by atomic mass is 9.40. The van der Waals surface area contributed by atoms with Gasteiger partial charge < -0.3 is 84.8 Å². The summed E-state index contributed by atoms with van der Waals surface area (Å²) in [6.07, 6.45) is -19.1. The molecular formula is C48H71NO18. The van der Waals surface area contributed by atoms with E-state index >= 15 is 0 Å². The quantitative estimate of drug-likeness (QED) is 0.0776. The molecule has 19 heteroatoms. The fourth-order valence-electron chi connectivity index (χ4n) is 13.6. The fraction of sp³-hybridized carbons (Fsp3) is 0.792. The van der Waals surface area contributed by atoms with Gasteiger partial charge in [0.15, 0.2) is 24.7 Å². The summed E-state index contributed by atoms with van der Waals surface area (Å²) in [5.74, 6) is -0.0517. The Labute approximate surface area is 390 Å². The van der Waals surface area contributed by atoms with Crippen molar-refractivity contribution >= 4 is 11.7 Å². The number of amides is 1. The molecule has 2 bridgehead atoms. The van der Waals surface area contributed by atoms with E-state index in [-0.39, 0.29) is 34.4 Å². The van der Waals surface area contributed by atoms with E-state index in [1.165, 1.54) is 6.92 Å². The van der Waals surface area contributed by atoms with Crippen LogP contribution in [0.3, 0.4) is 0 Å². The molecule has 22 atom stereocenters. The molecule has 67 heavy (non-hydrogen) atoms. The number of carbonyl (C=O) groups is 2. The Morgan fingerprint density at radius 1 is 0.716 bits per heavy atom. The number of aliphatic hydroxyl groups excluding tert-OH is 10. The van der Waals surface area contributed by atoms with E-state index in [1.54, 1.807) is 0 Å². The molecule has 4 aliphatic carbocycles. The number of aliphatic hydroxyl groups is 10. The van der Waals surface area contributed by atoms with Crippen molar-refractivity contribution < 1.29 is 89.1 Å². The maximum absolute atomic E-state index is 14.5. The molecule has 19 nitrogen and oxygen atoms in total. The molecule has 0 radical (unpaired) electrons. The number of ether oxygens (including phenoxy) is 6. The summed E-state index contributed by atoms with van der Waals surface area (Å²) in [6.45, 7) is 8.09. The van der Waals surface area contributed by atoms with Gasteiger partial charge in [-0.25, -0.2) is 0 Å². The van der Waals surface area contributed by atoms with Gasteiger partial charge in [-0.05, 0) is 98.5 Å². The molecule has 3 saturated heterocycles. The number of Topliss-reactive ketones (excluding diaryl/α,β-unsaturated/α-hetero) is 1. The zero-order valence-corrected chi connectivity index (χ0v) is 38.4. The average Bonchev–Trinajstić information content (AvgIpc) is 3.50. The average molecular weight is 950 g/mol. The summed E-state index contributed by atoms with van der Waals surface area (Å²) in [6, 6.07) is 8.97. The van der Waals surface area contributed by atoms with Gasteiger partial charge in [-0.15, -0.1) is 0 Å². The van der Waals surface area contributed by atoms with E-state index in [0.29, 0.717) is 38.5 Å². The van der Waals surface area contributed by atoms with Gasteiger partial charge in [-0.1, -0.05) is 57.2 Å². The Kier molecular flexibility index (Phi) is 14.9. The van der Waals surface area contributed by atoms with Gasteiger partial charge in [0.2, 0.25) is 5.91 Å². The lowest BCUT2D eigenvalue weighted by molar-refractivity contribution is -0.400. The van der Waals surface area contributed by atoms with E-state index < -0.39 is 129 Å². The third-order valence-corrected chi connectivity index (χ3v) is 17.1. The molecule has 1 aromatic carbocycles. The standard InChI is InChI=1S/C48H71NO18/c1-23-18-47-15-11-30-45(3,13-8-14-46(30,4)44(61)49-26(24(2)53)17-25-9-6-5-7-10-25)31(47)12-16-48(23,22-47)67-43-40(66-42-38(60)36(58)33(55)28(20-51)63-42)39(34(56)29(21-52)64-43)65-41-37(59)35(57)32(54)27(19-50)62-41/h5-7,9-10,26-43,50-52,54-60H,1,8,11-22H2,2-4H3,(H,49,61)/t26-,27-,28-,29-,30+,31+,32-,33-,34-,35+,36+,37-,38-,39+,40-,41+,42+,43+,45-,46-,47-,48+/m1/s1. The third-order valence-electron chi connectivity index (χ3n) is 17.1. The van der Waals surface area contributed by atoms with Crippen molar-refractivity contribution in [2.45, 2.75) is 189 Å². The first kappa shape index (κ1) is 50.8. The second kappa shape index (κ2) is 19.6. The maximum Gasteiger partial charge on any atom is 0.226 e. The first-order valence-electron chi connectivity index (χ1n) is 23.8. The van der Waals surface area contributed by atoms with Gasteiger partial charge in [-0.3, -0.25) is 9.59 Å². The number of carbonyl (C=O) groups excluding carboxylic acids is 2. The normalized spacial score (nSPS) is 48.0. The number of rotatable bonds is 14. The highest BCUT2D eigenvalue weighted by Crippen LogP contribution is 2.73. The topological polar surface area (TPSA) is 304 Å². The number of hydrogen-bond acceptors (Lipinski definition) is 18. The molecule has 3 heterocycles. The predicted molar refractivity (Wildman–Crippen MR) is 232 cm³/mol. The molecule has 11 N–H and O–H groups in total. The first-order chi connectivity index (χ1) is 31.8. The molecule has 376 valence electrons. The minimum Gasteiger partial charge on any atom is -0.394 e. The molecular weight excluding hydrogens is 879 g/mol. The molecule has 0 aromatic heterocycles. The van der Waals surface area contributed by atoms with Gasteiger partial charge in [0.25, 0.3) is 0 Å². The molecule has 8 rings (SSSR count). The number of fused-ring (bicyclic) bond motifs is 3. The Morgan fingerprint density at radius 3 is 1.85 bits per heavy atom. The smallest absolute Gasteiger partial charge is 0.226 e. The summed E-state index contributed by atoms with van der Waals surface area (Å²) in [5, 5.41) is 110. The van der Waals surface area contributed by atoms with Crippen LogP contribution < -0.4 is 5.32 Å². The molecule has 0 unspecified atom stereocenters. The summed E-state index contributed by atoms with van der Waals surface area (Å²) in [4.78, 5) is 27.5. The molecule has 3 aliphatic heterocycles. The van der Waals surface area contributed by atoms with E-state index in [2.05, 4.69) is 25.7 Å². The lowest BCUT2D eigenvalue weighted by Crippen LogP contribution is -2.68. The molecule has 1 aromatic rings. The Bertz CT molecular complexity index is 1930. The Balaban J connectivity index is 1.07. The molecule has 1 amide bonds. The minimum absolute atomic E-state index is 0.0149. The van der Waals surface area contributed by atoms with Gasteiger partial charge in [-0.2, -0.15) is 0 Å². The molecule has 4 saturated carbocycles. The van der Waals surface area contributed by atoms with Crippen LogP contribution in [-0.4, -0.2) is 186 Å². The molecule has 7 fully saturated rings. The van der Waals surface area contributed by atoms with Crippen LogP contribution in [0.2, 0.25) is 0 Å². The number of benzene rings is 1. The van der Waals surface area contributed by atoms with Crippen molar-refractivity contribution in [3.63, 3.8) is 0 Å². The van der Waals surface area contributed by atoms with Gasteiger partial charge in [0.1, 0.15) is 73.2 Å². The molecule has 1 spiro atoms. The zero-order chi connectivity index (χ0) is 48.4. The van der Waals surface area contributed by atoms with E-state index in [9.17, 15) is 60.7 Å². The SMILES string of the molecule is C=C1C[C@@]23CC[C@H]4[C@@](C)(CCC[C@@]4(C)C(=O)N[C@H](Cc4ccccc4)C(C)=O)[C@@H]2CC[C@]1(O[C@@H]1O[C@H](CO)[C@@H](O)[C@H](O[C@@H]2O[C@H](CO)[C@@H](O)[C@H](O)[C@H]2O)[C@H]1O[C@@H]1O[C@H](CO)[C@@H](O)[C@H](O)[C@H]1O)C3. The summed E-state index contributed by atoms with van der Waals surface area (Å²) in [5.41, 5.74) is -0.654. The van der Waals surface area contributed by atoms with Gasteiger partial charge in [0.05, 0.1) is 31.5 Å². The van der Waals surface area contributed by atoms with Gasteiger partial charge >= 0.3 is 0 Å². The summed E-state index contributed by atoms with van der Waals surface area (Å²) >= 11 is 0. The Morgan fingerprint density at radius 2 is 1.27 bits per heavy atom. The first-order valence-corrected chi connectivity index (χ1v) is 23.8. The van der Waals surface area contributed by atoms with Crippen LogP contribution >= 0.6 is 0 Å². The fourth-order valence-corrected chi connectivity index (χ4v) is 13.6. The second-order valence-corrected chi connectivity index (χ2v) is 21.0. The molecule has 7 aliphatic rings. The van der Waals surface area contributed by atoms with Gasteiger partial charge in [0, 0.05) is 5.41 Å². The predicted octanol–water partition coefficient (Wildman–Crippen LogP) is -1.14. The Hall–Kier alpha value is -2.54. The summed E-state index contributed by atoms with van der Waals surface area (Å²) < 4.78 is 37.1. The van der Waals surface area contributed by atoms with Crippen molar-refractivity contribution in [1.82, 2.24) is 5.32 Å². The lowest BCUT2D eigenvalue weighted by Gasteiger charge is -2.64. The van der Waals surface area contributed by atoms with Crippen LogP contribution in [0.15, 0.2) is 42.5 Å². The number of nitrogens with one attached hydrogen (secondary N) is 1. The zero-order valence-electron chi connectivity index (χ0n) is 38.4. The van der Waals surface area contributed by atoms with Crippen molar-refractivity contribution in [1.29, 1.82) is 0 Å². The highest BCUT2D eigenvalue weighted by molar-refractivity contribution is 5.90. The highest BCUT2D eigenvalue weighted by Gasteiger charge is 2.69. The van der Waals surface area contributed by atoms with Crippen LogP contribution in [0.1, 0.15) is 84.1 Å². The van der Waals surface area contributed by atoms with E-state index in [1.807, 2.05) is 30.3 Å².